The fourth-order valence-corrected chi connectivity index (χ4v) is 3.89. The van der Waals surface area contributed by atoms with Crippen molar-refractivity contribution < 1.29 is 19.0 Å². The van der Waals surface area contributed by atoms with Gasteiger partial charge in [0.1, 0.15) is 11.6 Å². The summed E-state index contributed by atoms with van der Waals surface area (Å²) in [5, 5.41) is 8.76. The Morgan fingerprint density at radius 3 is 2.36 bits per heavy atom. The van der Waals surface area contributed by atoms with Gasteiger partial charge < -0.3 is 14.7 Å². The van der Waals surface area contributed by atoms with Gasteiger partial charge in [0.2, 0.25) is 0 Å². The van der Waals surface area contributed by atoms with Gasteiger partial charge in [0.05, 0.1) is 13.0 Å². The minimum Gasteiger partial charge on any atom is -0.492 e. The topological polar surface area (TPSA) is 49.8 Å². The second-order valence-corrected chi connectivity index (χ2v) is 7.85. The Labute approximate surface area is 165 Å². The molecule has 0 saturated carbocycles. The number of piperidine rings is 1. The second-order valence-electron chi connectivity index (χ2n) is 7.85. The lowest BCUT2D eigenvalue weighted by Crippen LogP contribution is -2.44. The molecular formula is C23H28FNO3. The number of carboxylic acids is 1. The molecule has 4 nitrogen and oxygen atoms in total. The van der Waals surface area contributed by atoms with E-state index in [9.17, 15) is 9.18 Å². The highest BCUT2D eigenvalue weighted by Gasteiger charge is 2.42. The van der Waals surface area contributed by atoms with Gasteiger partial charge in [0, 0.05) is 17.5 Å². The molecule has 1 spiro atoms. The van der Waals surface area contributed by atoms with Crippen LogP contribution in [0.3, 0.4) is 0 Å². The summed E-state index contributed by atoms with van der Waals surface area (Å²) in [6.45, 7) is 7.38. The quantitative estimate of drug-likeness (QED) is 0.854. The van der Waals surface area contributed by atoms with E-state index in [2.05, 4.69) is 30.0 Å². The van der Waals surface area contributed by atoms with Crippen LogP contribution in [0.25, 0.3) is 0 Å². The zero-order valence-corrected chi connectivity index (χ0v) is 16.6. The maximum atomic E-state index is 12.1. The maximum absolute atomic E-state index is 12.1. The largest absolute Gasteiger partial charge is 0.492 e. The first-order valence-corrected chi connectivity index (χ1v) is 9.78. The fraction of sp³-hybridized carbons (Fsp3) is 0.435. The van der Waals surface area contributed by atoms with E-state index < -0.39 is 5.97 Å². The van der Waals surface area contributed by atoms with Gasteiger partial charge in [-0.05, 0) is 63.5 Å². The third-order valence-electron chi connectivity index (χ3n) is 5.68. The number of carboxylic acid groups (broad SMARTS) is 1. The number of aliphatic carboxylic acids is 1. The minimum absolute atomic E-state index is 0.156. The van der Waals surface area contributed by atoms with E-state index in [1.165, 1.54) is 23.3 Å². The molecule has 0 radical (unpaired) electrons. The van der Waals surface area contributed by atoms with E-state index in [-0.39, 0.29) is 17.7 Å². The molecule has 0 aromatic heterocycles. The van der Waals surface area contributed by atoms with E-state index in [1.807, 2.05) is 6.92 Å². The predicted molar refractivity (Wildman–Crippen MR) is 107 cm³/mol. The highest BCUT2D eigenvalue weighted by Crippen LogP contribution is 2.45. The van der Waals surface area contributed by atoms with Gasteiger partial charge in [-0.15, -0.1) is 0 Å². The van der Waals surface area contributed by atoms with E-state index in [0.29, 0.717) is 6.54 Å². The monoisotopic (exact) mass is 385 g/mol. The molecule has 0 unspecified atom stereocenters. The molecule has 0 bridgehead atoms. The van der Waals surface area contributed by atoms with Gasteiger partial charge in [-0.3, -0.25) is 4.79 Å². The molecule has 2 heterocycles. The molecule has 1 saturated heterocycles. The van der Waals surface area contributed by atoms with E-state index in [1.54, 1.807) is 12.1 Å². The number of likely N-dealkylation sites (tertiary alicyclic amines) is 1. The molecule has 28 heavy (non-hydrogen) atoms. The fourth-order valence-electron chi connectivity index (χ4n) is 3.89. The number of fused-ring (bicyclic) bond motifs is 2. The SMILES string of the molecule is Cc1ccc(F)cc1.Cc1ccc2c(c1)OCC21CCN(CCC(=O)O)CC1. The third kappa shape index (κ3) is 4.90. The van der Waals surface area contributed by atoms with Gasteiger partial charge >= 0.3 is 5.97 Å². The van der Waals surface area contributed by atoms with Crippen molar-refractivity contribution in [3.05, 3.63) is 65.0 Å². The van der Waals surface area contributed by atoms with Crippen LogP contribution in [-0.4, -0.2) is 42.2 Å². The number of carbonyl (C=O) groups is 1. The van der Waals surface area contributed by atoms with Gasteiger partial charge in [-0.2, -0.15) is 0 Å². The normalized spacial score (nSPS) is 17.4. The van der Waals surface area contributed by atoms with Gasteiger partial charge in [-0.1, -0.05) is 29.8 Å². The van der Waals surface area contributed by atoms with Crippen molar-refractivity contribution in [1.29, 1.82) is 0 Å². The van der Waals surface area contributed by atoms with Crippen LogP contribution in [0.2, 0.25) is 0 Å². The Morgan fingerprint density at radius 1 is 1.11 bits per heavy atom. The lowest BCUT2D eigenvalue weighted by Gasteiger charge is -2.38. The van der Waals surface area contributed by atoms with E-state index in [4.69, 9.17) is 9.84 Å². The summed E-state index contributed by atoms with van der Waals surface area (Å²) in [4.78, 5) is 12.9. The van der Waals surface area contributed by atoms with Crippen molar-refractivity contribution in [2.75, 3.05) is 26.2 Å². The van der Waals surface area contributed by atoms with E-state index in [0.717, 1.165) is 43.9 Å². The van der Waals surface area contributed by atoms with Crippen LogP contribution in [0.1, 0.15) is 36.0 Å². The molecule has 0 amide bonds. The van der Waals surface area contributed by atoms with Gasteiger partial charge in [0.15, 0.2) is 0 Å². The summed E-state index contributed by atoms with van der Waals surface area (Å²) >= 11 is 0. The molecule has 0 atom stereocenters. The zero-order chi connectivity index (χ0) is 20.1. The number of ether oxygens (including phenoxy) is 1. The van der Waals surface area contributed by atoms with Gasteiger partial charge in [0.25, 0.3) is 0 Å². The predicted octanol–water partition coefficient (Wildman–Crippen LogP) is 4.33. The second kappa shape index (κ2) is 8.74. The maximum Gasteiger partial charge on any atom is 0.304 e. The molecule has 0 aliphatic carbocycles. The number of hydrogen-bond donors (Lipinski definition) is 1. The lowest BCUT2D eigenvalue weighted by molar-refractivity contribution is -0.137. The Bertz CT molecular complexity index is 790. The standard InChI is InChI=1S/C16H21NO3.C7H7F/c1-12-2-3-13-14(10-12)20-11-16(13)5-8-17(9-6-16)7-4-15(18)19;1-6-2-4-7(8)5-3-6/h2-3,10H,4-9,11H2,1H3,(H,18,19);2-5H,1H3. The summed E-state index contributed by atoms with van der Waals surface area (Å²) in [5.41, 5.74) is 3.83. The highest BCUT2D eigenvalue weighted by molar-refractivity contribution is 5.66. The smallest absolute Gasteiger partial charge is 0.304 e. The Hall–Kier alpha value is -2.40. The van der Waals surface area contributed by atoms with Crippen molar-refractivity contribution in [3.63, 3.8) is 0 Å². The number of hydrogen-bond acceptors (Lipinski definition) is 3. The summed E-state index contributed by atoms with van der Waals surface area (Å²) in [6.07, 6.45) is 2.35. The molecule has 150 valence electrons. The minimum atomic E-state index is -0.713. The molecular weight excluding hydrogens is 357 g/mol. The average Bonchev–Trinajstić information content (AvgIpc) is 3.01. The van der Waals surface area contributed by atoms with Crippen molar-refractivity contribution in [2.24, 2.45) is 0 Å². The lowest BCUT2D eigenvalue weighted by atomic mass is 9.74. The van der Waals surface area contributed by atoms with E-state index >= 15 is 0 Å². The summed E-state index contributed by atoms with van der Waals surface area (Å²) in [5.74, 6) is 0.162. The zero-order valence-electron chi connectivity index (χ0n) is 16.6. The van der Waals surface area contributed by atoms with Crippen molar-refractivity contribution in [1.82, 2.24) is 4.90 Å². The number of benzene rings is 2. The molecule has 2 aromatic rings. The average molecular weight is 385 g/mol. The number of aryl methyl sites for hydroxylation is 2. The van der Waals surface area contributed by atoms with Crippen molar-refractivity contribution >= 4 is 5.97 Å². The molecule has 2 aliphatic heterocycles. The molecule has 4 rings (SSSR count). The molecule has 2 aliphatic rings. The first-order valence-electron chi connectivity index (χ1n) is 9.78. The molecule has 5 heteroatoms. The van der Waals surface area contributed by atoms with Crippen LogP contribution >= 0.6 is 0 Å². The molecule has 2 aromatic carbocycles. The summed E-state index contributed by atoms with van der Waals surface area (Å²) in [6, 6.07) is 12.9. The first kappa shape index (κ1) is 20.3. The summed E-state index contributed by atoms with van der Waals surface area (Å²) < 4.78 is 18.0. The van der Waals surface area contributed by atoms with Crippen LogP contribution in [-0.2, 0) is 10.2 Å². The Balaban J connectivity index is 0.000000236. The number of nitrogens with zero attached hydrogens (tertiary/aromatic N) is 1. The Kier molecular flexibility index (Phi) is 6.35. The molecule has 1 N–H and O–H groups in total. The molecule has 1 fully saturated rings. The number of rotatable bonds is 3. The van der Waals surface area contributed by atoms with Crippen LogP contribution in [0.15, 0.2) is 42.5 Å². The number of halogens is 1. The van der Waals surface area contributed by atoms with Crippen molar-refractivity contribution in [3.8, 4) is 5.75 Å². The van der Waals surface area contributed by atoms with Gasteiger partial charge in [-0.25, -0.2) is 4.39 Å². The first-order chi connectivity index (χ1) is 13.4. The third-order valence-corrected chi connectivity index (χ3v) is 5.68. The summed E-state index contributed by atoms with van der Waals surface area (Å²) in [7, 11) is 0. The highest BCUT2D eigenvalue weighted by atomic mass is 19.1. The van der Waals surface area contributed by atoms with Crippen LogP contribution < -0.4 is 4.74 Å². The van der Waals surface area contributed by atoms with Crippen LogP contribution in [0.5, 0.6) is 5.75 Å². The Morgan fingerprint density at radius 2 is 1.75 bits per heavy atom. The van der Waals surface area contributed by atoms with Crippen molar-refractivity contribution in [2.45, 2.75) is 38.5 Å². The van der Waals surface area contributed by atoms with Crippen LogP contribution in [0.4, 0.5) is 4.39 Å². The van der Waals surface area contributed by atoms with Crippen LogP contribution in [0, 0.1) is 19.7 Å².